The number of hydrogen-bond donors (Lipinski definition) is 3. The van der Waals surface area contributed by atoms with Crippen LogP contribution in [0.25, 0.3) is 0 Å². The zero-order chi connectivity index (χ0) is 14.8. The highest BCUT2D eigenvalue weighted by Gasteiger charge is 2.22. The molecule has 0 radical (unpaired) electrons. The van der Waals surface area contributed by atoms with E-state index < -0.39 is 27.2 Å². The van der Waals surface area contributed by atoms with Gasteiger partial charge in [0, 0.05) is 18.2 Å². The maximum Gasteiger partial charge on any atom is 0.209 e. The molecule has 0 aliphatic carbocycles. The SMILES string of the molecule is CC(C)(CNc1cc(F)cc(F)c1N)NS(C)(=O)=O. The minimum Gasteiger partial charge on any atom is -0.395 e. The second kappa shape index (κ2) is 5.30. The van der Waals surface area contributed by atoms with Gasteiger partial charge in [0.1, 0.15) is 5.82 Å². The molecule has 0 amide bonds. The van der Waals surface area contributed by atoms with E-state index in [1.165, 1.54) is 0 Å². The van der Waals surface area contributed by atoms with E-state index in [4.69, 9.17) is 5.73 Å². The average molecular weight is 293 g/mol. The lowest BCUT2D eigenvalue weighted by molar-refractivity contribution is 0.476. The summed E-state index contributed by atoms with van der Waals surface area (Å²) in [4.78, 5) is 0. The fraction of sp³-hybridized carbons (Fsp3) is 0.455. The smallest absolute Gasteiger partial charge is 0.209 e. The lowest BCUT2D eigenvalue weighted by Gasteiger charge is -2.26. The molecular formula is C11H17F2N3O2S. The van der Waals surface area contributed by atoms with Gasteiger partial charge in [-0.05, 0) is 19.9 Å². The maximum atomic E-state index is 13.2. The molecule has 0 spiro atoms. The number of nitrogen functional groups attached to an aromatic ring is 1. The van der Waals surface area contributed by atoms with Gasteiger partial charge in [-0.3, -0.25) is 0 Å². The highest BCUT2D eigenvalue weighted by molar-refractivity contribution is 7.88. The molecule has 1 aromatic carbocycles. The van der Waals surface area contributed by atoms with E-state index in [9.17, 15) is 17.2 Å². The van der Waals surface area contributed by atoms with E-state index in [2.05, 4.69) is 10.0 Å². The Kier molecular flexibility index (Phi) is 4.36. The molecule has 0 bridgehead atoms. The number of benzene rings is 1. The lowest BCUT2D eigenvalue weighted by atomic mass is 10.1. The third-order valence-electron chi connectivity index (χ3n) is 2.28. The summed E-state index contributed by atoms with van der Waals surface area (Å²) in [6.45, 7) is 3.38. The van der Waals surface area contributed by atoms with Crippen LogP contribution in [0.5, 0.6) is 0 Å². The second-order valence-corrected chi connectivity index (χ2v) is 6.71. The summed E-state index contributed by atoms with van der Waals surface area (Å²) < 4.78 is 51.0. The number of hydrogen-bond acceptors (Lipinski definition) is 4. The topological polar surface area (TPSA) is 84.2 Å². The summed E-state index contributed by atoms with van der Waals surface area (Å²) in [7, 11) is -3.38. The molecule has 1 aromatic rings. The van der Waals surface area contributed by atoms with Gasteiger partial charge >= 0.3 is 0 Å². The quantitative estimate of drug-likeness (QED) is 0.714. The van der Waals surface area contributed by atoms with Crippen LogP contribution in [-0.4, -0.2) is 26.8 Å². The lowest BCUT2D eigenvalue weighted by Crippen LogP contribution is -2.47. The predicted octanol–water partition coefficient (Wildman–Crippen LogP) is 1.29. The number of nitrogens with two attached hydrogens (primary N) is 1. The number of nitrogens with one attached hydrogen (secondary N) is 2. The first-order valence-electron chi connectivity index (χ1n) is 5.47. The first-order chi connectivity index (χ1) is 8.50. The minimum absolute atomic E-state index is 0.0841. The van der Waals surface area contributed by atoms with Gasteiger partial charge in [0.25, 0.3) is 0 Å². The van der Waals surface area contributed by atoms with E-state index in [1.54, 1.807) is 13.8 Å². The Bertz CT molecular complexity index is 574. The van der Waals surface area contributed by atoms with Crippen LogP contribution in [0.1, 0.15) is 13.8 Å². The van der Waals surface area contributed by atoms with Crippen LogP contribution in [0.4, 0.5) is 20.2 Å². The number of halogens is 2. The van der Waals surface area contributed by atoms with Crippen molar-refractivity contribution in [3.05, 3.63) is 23.8 Å². The van der Waals surface area contributed by atoms with Crippen molar-refractivity contribution in [3.8, 4) is 0 Å². The minimum atomic E-state index is -3.38. The Morgan fingerprint density at radius 1 is 1.32 bits per heavy atom. The standard InChI is InChI=1S/C11H17F2N3O2S/c1-11(2,16-19(3,17)18)6-15-9-5-7(12)4-8(13)10(9)14/h4-5,15-16H,6,14H2,1-3H3. The van der Waals surface area contributed by atoms with Crippen molar-refractivity contribution in [1.29, 1.82) is 0 Å². The molecule has 0 fully saturated rings. The fourth-order valence-corrected chi connectivity index (χ4v) is 2.66. The number of sulfonamides is 1. The van der Waals surface area contributed by atoms with Crippen molar-refractivity contribution >= 4 is 21.4 Å². The molecule has 0 saturated heterocycles. The molecule has 108 valence electrons. The van der Waals surface area contributed by atoms with Gasteiger partial charge in [0.15, 0.2) is 5.82 Å². The molecule has 19 heavy (non-hydrogen) atoms. The summed E-state index contributed by atoms with van der Waals surface area (Å²) in [6, 6.07) is 1.73. The maximum absolute atomic E-state index is 13.2. The third kappa shape index (κ3) is 4.99. The monoisotopic (exact) mass is 293 g/mol. The average Bonchev–Trinajstić information content (AvgIpc) is 2.17. The summed E-state index contributed by atoms with van der Waals surface area (Å²) in [5.74, 6) is -1.63. The van der Waals surface area contributed by atoms with Gasteiger partial charge in [0.05, 0.1) is 17.6 Å². The van der Waals surface area contributed by atoms with Gasteiger partial charge < -0.3 is 11.1 Å². The van der Waals surface area contributed by atoms with E-state index in [-0.39, 0.29) is 17.9 Å². The van der Waals surface area contributed by atoms with Crippen molar-refractivity contribution in [2.24, 2.45) is 0 Å². The summed E-state index contributed by atoms with van der Waals surface area (Å²) in [6.07, 6.45) is 1.03. The number of anilines is 2. The molecule has 0 aliphatic rings. The molecule has 0 saturated carbocycles. The Morgan fingerprint density at radius 3 is 2.42 bits per heavy atom. The highest BCUT2D eigenvalue weighted by atomic mass is 32.2. The van der Waals surface area contributed by atoms with Crippen LogP contribution < -0.4 is 15.8 Å². The summed E-state index contributed by atoms with van der Waals surface area (Å²) >= 11 is 0. The first kappa shape index (κ1) is 15.6. The van der Waals surface area contributed by atoms with Gasteiger partial charge in [0.2, 0.25) is 10.0 Å². The second-order valence-electron chi connectivity index (χ2n) is 4.96. The Labute approximate surface area is 111 Å². The third-order valence-corrected chi connectivity index (χ3v) is 3.20. The van der Waals surface area contributed by atoms with Crippen LogP contribution in [0.3, 0.4) is 0 Å². The number of rotatable bonds is 5. The molecule has 0 aliphatic heterocycles. The van der Waals surface area contributed by atoms with E-state index in [0.717, 1.165) is 12.3 Å². The van der Waals surface area contributed by atoms with Gasteiger partial charge in [-0.15, -0.1) is 0 Å². The van der Waals surface area contributed by atoms with Crippen LogP contribution in [0, 0.1) is 11.6 Å². The predicted molar refractivity (Wildman–Crippen MR) is 71.3 cm³/mol. The van der Waals surface area contributed by atoms with Crippen molar-refractivity contribution < 1.29 is 17.2 Å². The van der Waals surface area contributed by atoms with Crippen molar-refractivity contribution in [3.63, 3.8) is 0 Å². The van der Waals surface area contributed by atoms with Crippen molar-refractivity contribution in [1.82, 2.24) is 4.72 Å². The van der Waals surface area contributed by atoms with Crippen LogP contribution in [-0.2, 0) is 10.0 Å². The van der Waals surface area contributed by atoms with Gasteiger partial charge in [-0.1, -0.05) is 0 Å². The van der Waals surface area contributed by atoms with Crippen molar-refractivity contribution in [2.45, 2.75) is 19.4 Å². The van der Waals surface area contributed by atoms with Crippen LogP contribution >= 0.6 is 0 Å². The molecule has 0 unspecified atom stereocenters. The molecule has 0 atom stereocenters. The zero-order valence-electron chi connectivity index (χ0n) is 10.9. The highest BCUT2D eigenvalue weighted by Crippen LogP contribution is 2.23. The molecular weight excluding hydrogens is 276 g/mol. The fourth-order valence-electron chi connectivity index (χ4n) is 1.59. The Balaban J connectivity index is 2.82. The Hall–Kier alpha value is -1.41. The molecule has 5 nitrogen and oxygen atoms in total. The summed E-state index contributed by atoms with van der Waals surface area (Å²) in [5, 5.41) is 2.73. The first-order valence-corrected chi connectivity index (χ1v) is 7.37. The largest absolute Gasteiger partial charge is 0.395 e. The molecule has 0 aromatic heterocycles. The molecule has 8 heteroatoms. The van der Waals surface area contributed by atoms with Gasteiger partial charge in [-0.25, -0.2) is 21.9 Å². The van der Waals surface area contributed by atoms with E-state index >= 15 is 0 Å². The van der Waals surface area contributed by atoms with Crippen LogP contribution in [0.15, 0.2) is 12.1 Å². The van der Waals surface area contributed by atoms with Gasteiger partial charge in [-0.2, -0.15) is 0 Å². The zero-order valence-corrected chi connectivity index (χ0v) is 11.7. The molecule has 4 N–H and O–H groups in total. The van der Waals surface area contributed by atoms with E-state index in [0.29, 0.717) is 6.07 Å². The molecule has 1 rings (SSSR count). The van der Waals surface area contributed by atoms with E-state index in [1.807, 2.05) is 0 Å². The Morgan fingerprint density at radius 2 is 1.89 bits per heavy atom. The van der Waals surface area contributed by atoms with Crippen LogP contribution in [0.2, 0.25) is 0 Å². The van der Waals surface area contributed by atoms with Crippen molar-refractivity contribution in [2.75, 3.05) is 23.9 Å². The molecule has 0 heterocycles. The summed E-state index contributed by atoms with van der Waals surface area (Å²) in [5.41, 5.74) is 4.51. The normalized spacial score (nSPS) is 12.5.